The standard InChI is InChI=1S/C20H17F4NO3S/c21-14-5-4-10(19(26)25-12-8-15(22)18(24)16(23)9-12)7-17(14)29-13-3-1-2-11(6-13)20(27)28/h4-5,7-9,11,13H,1-3,6H2,(H,25,26)(H,27,28)/t11?,13-/m0/s1. The van der Waals surface area contributed by atoms with Crippen LogP contribution in [0.25, 0.3) is 0 Å². The maximum Gasteiger partial charge on any atom is 0.306 e. The fraction of sp³-hybridized carbons (Fsp3) is 0.300. The first-order valence-corrected chi connectivity index (χ1v) is 9.77. The van der Waals surface area contributed by atoms with Crippen LogP contribution in [0.4, 0.5) is 23.2 Å². The highest BCUT2D eigenvalue weighted by molar-refractivity contribution is 8.00. The Balaban J connectivity index is 1.74. The van der Waals surface area contributed by atoms with Crippen molar-refractivity contribution in [2.75, 3.05) is 5.32 Å². The van der Waals surface area contributed by atoms with Crippen molar-refractivity contribution in [2.45, 2.75) is 35.8 Å². The number of carbonyl (C=O) groups is 2. The highest BCUT2D eigenvalue weighted by atomic mass is 32.2. The van der Waals surface area contributed by atoms with E-state index in [9.17, 15) is 32.3 Å². The van der Waals surface area contributed by atoms with Crippen LogP contribution in [0.1, 0.15) is 36.0 Å². The third-order valence-corrected chi connectivity index (χ3v) is 6.03. The fourth-order valence-electron chi connectivity index (χ4n) is 3.22. The van der Waals surface area contributed by atoms with Crippen LogP contribution < -0.4 is 5.32 Å². The van der Waals surface area contributed by atoms with Crippen LogP contribution in [0.5, 0.6) is 0 Å². The number of carboxylic acid groups (broad SMARTS) is 1. The molecule has 2 aromatic carbocycles. The van der Waals surface area contributed by atoms with Gasteiger partial charge in [-0.15, -0.1) is 11.8 Å². The quantitative estimate of drug-likeness (QED) is 0.507. The van der Waals surface area contributed by atoms with E-state index in [0.29, 0.717) is 25.0 Å². The van der Waals surface area contributed by atoms with Crippen LogP contribution in [-0.4, -0.2) is 22.2 Å². The van der Waals surface area contributed by atoms with Gasteiger partial charge in [0.15, 0.2) is 17.5 Å². The van der Waals surface area contributed by atoms with Crippen molar-refractivity contribution in [1.29, 1.82) is 0 Å². The summed E-state index contributed by atoms with van der Waals surface area (Å²) in [5.74, 6) is -7.17. The van der Waals surface area contributed by atoms with E-state index in [1.54, 1.807) is 0 Å². The zero-order chi connectivity index (χ0) is 21.1. The SMILES string of the molecule is O=C(Nc1cc(F)c(F)c(F)c1)c1ccc(F)c(S[C@H]2CCCC(C(=O)O)C2)c1. The van der Waals surface area contributed by atoms with Crippen molar-refractivity contribution in [3.63, 3.8) is 0 Å². The Kier molecular flexibility index (Phi) is 6.46. The average molecular weight is 427 g/mol. The van der Waals surface area contributed by atoms with E-state index >= 15 is 0 Å². The lowest BCUT2D eigenvalue weighted by Gasteiger charge is -2.26. The van der Waals surface area contributed by atoms with Crippen LogP contribution in [0.15, 0.2) is 35.2 Å². The lowest BCUT2D eigenvalue weighted by Crippen LogP contribution is -2.24. The maximum absolute atomic E-state index is 14.2. The van der Waals surface area contributed by atoms with Crippen LogP contribution >= 0.6 is 11.8 Å². The molecule has 29 heavy (non-hydrogen) atoms. The highest BCUT2D eigenvalue weighted by Crippen LogP contribution is 2.37. The number of aliphatic carboxylic acids is 1. The molecule has 154 valence electrons. The second kappa shape index (κ2) is 8.86. The van der Waals surface area contributed by atoms with E-state index < -0.39 is 41.1 Å². The molecule has 0 bridgehead atoms. The number of nitrogens with one attached hydrogen (secondary N) is 1. The van der Waals surface area contributed by atoms with E-state index in [1.807, 2.05) is 0 Å². The summed E-state index contributed by atoms with van der Waals surface area (Å²) in [7, 11) is 0. The van der Waals surface area contributed by atoms with Gasteiger partial charge in [0.05, 0.1) is 5.92 Å². The predicted octanol–water partition coefficient (Wildman–Crippen LogP) is 5.23. The molecule has 1 fully saturated rings. The number of amides is 1. The molecule has 2 atom stereocenters. The van der Waals surface area contributed by atoms with Gasteiger partial charge in [-0.1, -0.05) is 6.42 Å². The second-order valence-corrected chi connectivity index (χ2v) is 8.14. The third kappa shape index (κ3) is 5.09. The van der Waals surface area contributed by atoms with E-state index in [-0.39, 0.29) is 21.4 Å². The Morgan fingerprint density at radius 2 is 1.69 bits per heavy atom. The third-order valence-electron chi connectivity index (χ3n) is 4.70. The van der Waals surface area contributed by atoms with Crippen molar-refractivity contribution < 1.29 is 32.3 Å². The van der Waals surface area contributed by atoms with E-state index in [0.717, 1.165) is 18.9 Å². The number of thioether (sulfide) groups is 1. The molecule has 1 aliphatic carbocycles. The van der Waals surface area contributed by atoms with Gasteiger partial charge in [-0.25, -0.2) is 17.6 Å². The molecule has 0 heterocycles. The Hall–Kier alpha value is -2.55. The molecule has 1 amide bonds. The minimum atomic E-state index is -1.64. The van der Waals surface area contributed by atoms with Crippen LogP contribution in [-0.2, 0) is 4.79 Å². The van der Waals surface area contributed by atoms with Gasteiger partial charge >= 0.3 is 5.97 Å². The minimum absolute atomic E-state index is 0.0460. The first-order valence-electron chi connectivity index (χ1n) is 8.89. The number of anilines is 1. The number of rotatable bonds is 5. The molecule has 0 aromatic heterocycles. The highest BCUT2D eigenvalue weighted by Gasteiger charge is 2.28. The summed E-state index contributed by atoms with van der Waals surface area (Å²) >= 11 is 1.17. The molecule has 0 saturated heterocycles. The number of hydrogen-bond acceptors (Lipinski definition) is 3. The molecule has 2 aromatic rings. The summed E-state index contributed by atoms with van der Waals surface area (Å²) in [6, 6.07) is 4.90. The van der Waals surface area contributed by atoms with Gasteiger partial charge in [-0.2, -0.15) is 0 Å². The van der Waals surface area contributed by atoms with Crippen molar-refractivity contribution in [3.8, 4) is 0 Å². The zero-order valence-corrected chi connectivity index (χ0v) is 15.9. The molecule has 2 N–H and O–H groups in total. The smallest absolute Gasteiger partial charge is 0.306 e. The largest absolute Gasteiger partial charge is 0.481 e. The monoisotopic (exact) mass is 427 g/mol. The maximum atomic E-state index is 14.2. The summed E-state index contributed by atoms with van der Waals surface area (Å²) in [5, 5.41) is 11.3. The van der Waals surface area contributed by atoms with Gasteiger partial charge in [0.2, 0.25) is 0 Å². The minimum Gasteiger partial charge on any atom is -0.481 e. The molecule has 0 aliphatic heterocycles. The van der Waals surface area contributed by atoms with E-state index in [4.69, 9.17) is 0 Å². The number of halogens is 4. The molecule has 4 nitrogen and oxygen atoms in total. The van der Waals surface area contributed by atoms with E-state index in [1.165, 1.54) is 23.9 Å². The lowest BCUT2D eigenvalue weighted by atomic mass is 9.89. The molecular weight excluding hydrogens is 410 g/mol. The van der Waals surface area contributed by atoms with E-state index in [2.05, 4.69) is 5.32 Å². The molecule has 9 heteroatoms. The van der Waals surface area contributed by atoms with Crippen molar-refractivity contribution in [3.05, 3.63) is 59.2 Å². The van der Waals surface area contributed by atoms with Gasteiger partial charge in [-0.05, 0) is 37.5 Å². The summed E-state index contributed by atoms with van der Waals surface area (Å²) in [6.07, 6.45) is 2.45. The first kappa shape index (κ1) is 21.2. The molecule has 3 rings (SSSR count). The molecule has 0 spiro atoms. The second-order valence-electron chi connectivity index (χ2n) is 6.79. The molecular formula is C20H17F4NO3S. The number of hydrogen-bond donors (Lipinski definition) is 2. The average Bonchev–Trinajstić information content (AvgIpc) is 2.68. The topological polar surface area (TPSA) is 66.4 Å². The van der Waals surface area contributed by atoms with Crippen LogP contribution in [0.3, 0.4) is 0 Å². The number of benzene rings is 2. The van der Waals surface area contributed by atoms with Gasteiger partial charge in [-0.3, -0.25) is 9.59 Å². The Bertz CT molecular complexity index is 930. The number of carboxylic acids is 1. The first-order chi connectivity index (χ1) is 13.7. The summed E-state index contributed by atoms with van der Waals surface area (Å²) in [6.45, 7) is 0. The normalized spacial score (nSPS) is 19.0. The molecule has 0 radical (unpaired) electrons. The van der Waals surface area contributed by atoms with Gasteiger partial charge in [0, 0.05) is 33.5 Å². The van der Waals surface area contributed by atoms with Crippen LogP contribution in [0.2, 0.25) is 0 Å². The summed E-state index contributed by atoms with van der Waals surface area (Å²) in [4.78, 5) is 23.7. The van der Waals surface area contributed by atoms with Crippen LogP contribution in [0, 0.1) is 29.2 Å². The molecule has 1 aliphatic rings. The number of carbonyl (C=O) groups excluding carboxylic acids is 1. The van der Waals surface area contributed by atoms with Gasteiger partial charge in [0.1, 0.15) is 5.82 Å². The van der Waals surface area contributed by atoms with Gasteiger partial charge < -0.3 is 10.4 Å². The predicted molar refractivity (Wildman–Crippen MR) is 99.9 cm³/mol. The molecule has 1 unspecified atom stereocenters. The Morgan fingerprint density at radius 3 is 2.34 bits per heavy atom. The summed E-state index contributed by atoms with van der Waals surface area (Å²) < 4.78 is 53.8. The van der Waals surface area contributed by atoms with Crippen molar-refractivity contribution in [1.82, 2.24) is 0 Å². The Morgan fingerprint density at radius 1 is 1.00 bits per heavy atom. The lowest BCUT2D eigenvalue weighted by molar-refractivity contribution is -0.142. The molecule has 1 saturated carbocycles. The Labute approximate surface area is 168 Å². The van der Waals surface area contributed by atoms with Gasteiger partial charge in [0.25, 0.3) is 5.91 Å². The summed E-state index contributed by atoms with van der Waals surface area (Å²) in [5.41, 5.74) is -0.230. The fourth-order valence-corrected chi connectivity index (χ4v) is 4.57. The van der Waals surface area contributed by atoms with Crippen molar-refractivity contribution >= 4 is 29.3 Å². The zero-order valence-electron chi connectivity index (χ0n) is 15.1. The van der Waals surface area contributed by atoms with Crippen molar-refractivity contribution in [2.24, 2.45) is 5.92 Å².